The number of aliphatic hydroxyl groups excluding tert-OH is 1. The van der Waals surface area contributed by atoms with E-state index in [0.717, 1.165) is 0 Å². The third-order valence-corrected chi connectivity index (χ3v) is 2.69. The first kappa shape index (κ1) is 16.6. The number of carboxylic acids is 1. The Labute approximate surface area is 122 Å². The molecule has 1 atom stereocenters. The van der Waals surface area contributed by atoms with Gasteiger partial charge in [-0.2, -0.15) is 0 Å². The Kier molecular flexibility index (Phi) is 6.35. The maximum atomic E-state index is 11.7. The van der Waals surface area contributed by atoms with Gasteiger partial charge in [-0.05, 0) is 17.7 Å². The van der Waals surface area contributed by atoms with Crippen molar-refractivity contribution in [2.75, 3.05) is 11.9 Å². The summed E-state index contributed by atoms with van der Waals surface area (Å²) in [6.45, 7) is 1.08. The van der Waals surface area contributed by atoms with Crippen molar-refractivity contribution in [2.45, 2.75) is 25.8 Å². The molecule has 21 heavy (non-hydrogen) atoms. The summed E-state index contributed by atoms with van der Waals surface area (Å²) >= 11 is 0. The van der Waals surface area contributed by atoms with Gasteiger partial charge in [-0.15, -0.1) is 0 Å². The van der Waals surface area contributed by atoms with Gasteiger partial charge in [0.2, 0.25) is 11.8 Å². The minimum Gasteiger partial charge on any atom is -0.480 e. The molecule has 0 saturated carbocycles. The quantitative estimate of drug-likeness (QED) is 0.571. The number of rotatable bonds is 7. The van der Waals surface area contributed by atoms with Crippen molar-refractivity contribution in [2.24, 2.45) is 0 Å². The highest BCUT2D eigenvalue weighted by Gasteiger charge is 2.19. The molecule has 2 amide bonds. The average Bonchev–Trinajstić information content (AvgIpc) is 2.40. The first-order valence-electron chi connectivity index (χ1n) is 6.42. The third kappa shape index (κ3) is 6.05. The standard InChI is InChI=1S/C14H18N2O5/c1-9(18)15-11-4-2-10(3-5-11)8-13(19)16-12(6-7-17)14(20)21/h2-5,12,17H,6-8H2,1H3,(H,15,18)(H,16,19)(H,20,21)/t12-/m1/s1. The van der Waals surface area contributed by atoms with E-state index in [4.69, 9.17) is 10.2 Å². The largest absolute Gasteiger partial charge is 0.480 e. The molecule has 114 valence electrons. The van der Waals surface area contributed by atoms with Crippen LogP contribution in [0.15, 0.2) is 24.3 Å². The van der Waals surface area contributed by atoms with Crippen molar-refractivity contribution in [1.82, 2.24) is 5.32 Å². The summed E-state index contributed by atoms with van der Waals surface area (Å²) in [6.07, 6.45) is -0.0158. The maximum Gasteiger partial charge on any atom is 0.326 e. The lowest BCUT2D eigenvalue weighted by molar-refractivity contribution is -0.142. The van der Waals surface area contributed by atoms with Gasteiger partial charge in [0.25, 0.3) is 0 Å². The van der Waals surface area contributed by atoms with Crippen molar-refractivity contribution in [1.29, 1.82) is 0 Å². The summed E-state index contributed by atoms with van der Waals surface area (Å²) in [5.41, 5.74) is 1.31. The summed E-state index contributed by atoms with van der Waals surface area (Å²) in [4.78, 5) is 33.5. The first-order valence-corrected chi connectivity index (χ1v) is 6.42. The first-order chi connectivity index (χ1) is 9.92. The molecular formula is C14H18N2O5. The molecule has 0 bridgehead atoms. The molecule has 0 aliphatic heterocycles. The van der Waals surface area contributed by atoms with E-state index in [1.165, 1.54) is 6.92 Å². The number of nitrogens with one attached hydrogen (secondary N) is 2. The molecule has 7 heteroatoms. The summed E-state index contributed by atoms with van der Waals surface area (Å²) in [5.74, 6) is -1.81. The smallest absolute Gasteiger partial charge is 0.326 e. The molecule has 0 heterocycles. The second-order valence-electron chi connectivity index (χ2n) is 4.53. The molecular weight excluding hydrogens is 276 g/mol. The van der Waals surface area contributed by atoms with Crippen molar-refractivity contribution >= 4 is 23.5 Å². The monoisotopic (exact) mass is 294 g/mol. The molecule has 0 aliphatic rings. The van der Waals surface area contributed by atoms with Crippen molar-refractivity contribution in [3.63, 3.8) is 0 Å². The lowest BCUT2D eigenvalue weighted by Crippen LogP contribution is -2.42. The fourth-order valence-electron chi connectivity index (χ4n) is 1.73. The Morgan fingerprint density at radius 3 is 2.29 bits per heavy atom. The number of benzene rings is 1. The minimum atomic E-state index is -1.18. The van der Waals surface area contributed by atoms with Gasteiger partial charge in [-0.1, -0.05) is 12.1 Å². The number of hydrogen-bond acceptors (Lipinski definition) is 4. The second kappa shape index (κ2) is 8.01. The second-order valence-corrected chi connectivity index (χ2v) is 4.53. The maximum absolute atomic E-state index is 11.7. The van der Waals surface area contributed by atoms with Gasteiger partial charge >= 0.3 is 5.97 Å². The van der Waals surface area contributed by atoms with E-state index in [0.29, 0.717) is 11.3 Å². The van der Waals surface area contributed by atoms with Gasteiger partial charge < -0.3 is 20.8 Å². The van der Waals surface area contributed by atoms with E-state index >= 15 is 0 Å². The molecule has 0 saturated heterocycles. The van der Waals surface area contributed by atoms with Gasteiger partial charge in [0.05, 0.1) is 6.42 Å². The summed E-state index contributed by atoms with van der Waals surface area (Å²) < 4.78 is 0. The number of hydrogen-bond donors (Lipinski definition) is 4. The molecule has 0 fully saturated rings. The topological polar surface area (TPSA) is 116 Å². The van der Waals surface area contributed by atoms with Crippen LogP contribution in [0.25, 0.3) is 0 Å². The Bertz CT molecular complexity index is 513. The lowest BCUT2D eigenvalue weighted by Gasteiger charge is -2.13. The molecule has 0 unspecified atom stereocenters. The third-order valence-electron chi connectivity index (χ3n) is 2.69. The van der Waals surface area contributed by atoms with Crippen molar-refractivity contribution in [3.05, 3.63) is 29.8 Å². The lowest BCUT2D eigenvalue weighted by atomic mass is 10.1. The molecule has 7 nitrogen and oxygen atoms in total. The molecule has 1 rings (SSSR count). The minimum absolute atomic E-state index is 0.0234. The predicted octanol–water partition coefficient (Wildman–Crippen LogP) is 0.139. The van der Waals surface area contributed by atoms with Crippen LogP contribution in [0.5, 0.6) is 0 Å². The molecule has 1 aromatic rings. The van der Waals surface area contributed by atoms with Crippen LogP contribution in [-0.2, 0) is 20.8 Å². The molecule has 4 N–H and O–H groups in total. The number of carbonyl (C=O) groups excluding carboxylic acids is 2. The normalized spacial score (nSPS) is 11.5. The Balaban J connectivity index is 2.57. The highest BCUT2D eigenvalue weighted by Crippen LogP contribution is 2.10. The van der Waals surface area contributed by atoms with Gasteiger partial charge in [0.1, 0.15) is 6.04 Å². The van der Waals surface area contributed by atoms with Gasteiger partial charge in [-0.25, -0.2) is 4.79 Å². The molecule has 0 spiro atoms. The van der Waals surface area contributed by atoms with E-state index in [1.54, 1.807) is 24.3 Å². The van der Waals surface area contributed by atoms with E-state index in [9.17, 15) is 14.4 Å². The highest BCUT2D eigenvalue weighted by atomic mass is 16.4. The summed E-state index contributed by atoms with van der Waals surface area (Å²) in [5, 5.41) is 22.6. The summed E-state index contributed by atoms with van der Waals surface area (Å²) in [7, 11) is 0. The van der Waals surface area contributed by atoms with E-state index in [-0.39, 0.29) is 25.4 Å². The van der Waals surface area contributed by atoms with Gasteiger partial charge in [-0.3, -0.25) is 9.59 Å². The Morgan fingerprint density at radius 2 is 1.81 bits per heavy atom. The number of carboxylic acid groups (broad SMARTS) is 1. The number of aliphatic carboxylic acids is 1. The van der Waals surface area contributed by atoms with E-state index in [1.807, 2.05) is 0 Å². The van der Waals surface area contributed by atoms with Crippen LogP contribution in [0.1, 0.15) is 18.9 Å². The van der Waals surface area contributed by atoms with Gasteiger partial charge in [0.15, 0.2) is 0 Å². The van der Waals surface area contributed by atoms with Crippen molar-refractivity contribution < 1.29 is 24.6 Å². The SMILES string of the molecule is CC(=O)Nc1ccc(CC(=O)N[C@H](CCO)C(=O)O)cc1. The van der Waals surface area contributed by atoms with Crippen LogP contribution in [0.2, 0.25) is 0 Å². The van der Waals surface area contributed by atoms with Crippen LogP contribution >= 0.6 is 0 Å². The zero-order valence-electron chi connectivity index (χ0n) is 11.6. The molecule has 0 radical (unpaired) electrons. The van der Waals surface area contributed by atoms with Crippen LogP contribution in [-0.4, -0.2) is 40.6 Å². The number of carbonyl (C=O) groups is 3. The van der Waals surface area contributed by atoms with Crippen molar-refractivity contribution in [3.8, 4) is 0 Å². The number of aliphatic hydroxyl groups is 1. The highest BCUT2D eigenvalue weighted by molar-refractivity contribution is 5.89. The Hall–Kier alpha value is -2.41. The fourth-order valence-corrected chi connectivity index (χ4v) is 1.73. The van der Waals surface area contributed by atoms with Crippen LogP contribution in [0.4, 0.5) is 5.69 Å². The predicted molar refractivity (Wildman–Crippen MR) is 75.7 cm³/mol. The Morgan fingerprint density at radius 1 is 1.19 bits per heavy atom. The number of anilines is 1. The zero-order chi connectivity index (χ0) is 15.8. The van der Waals surface area contributed by atoms with Crippen LogP contribution < -0.4 is 10.6 Å². The zero-order valence-corrected chi connectivity index (χ0v) is 11.6. The van der Waals surface area contributed by atoms with E-state index < -0.39 is 17.9 Å². The fraction of sp³-hybridized carbons (Fsp3) is 0.357. The van der Waals surface area contributed by atoms with Crippen LogP contribution in [0.3, 0.4) is 0 Å². The molecule has 0 aromatic heterocycles. The number of amides is 2. The summed E-state index contributed by atoms with van der Waals surface area (Å²) in [6, 6.07) is 5.57. The molecule has 1 aromatic carbocycles. The molecule has 0 aliphatic carbocycles. The van der Waals surface area contributed by atoms with Crippen LogP contribution in [0, 0.1) is 0 Å². The van der Waals surface area contributed by atoms with E-state index in [2.05, 4.69) is 10.6 Å². The van der Waals surface area contributed by atoms with Gasteiger partial charge in [0, 0.05) is 25.6 Å². The average molecular weight is 294 g/mol.